The fourth-order valence-electron chi connectivity index (χ4n) is 1.66. The van der Waals surface area contributed by atoms with Crippen LogP contribution in [0.2, 0.25) is 0 Å². The zero-order valence-electron chi connectivity index (χ0n) is 11.1. The van der Waals surface area contributed by atoms with Gasteiger partial charge in [0.1, 0.15) is 18.2 Å². The number of sulfonamides is 1. The van der Waals surface area contributed by atoms with Gasteiger partial charge in [0.05, 0.1) is 15.9 Å². The standard InChI is InChI=1S/C13H11FN2O5S/c14-10-3-1-9(2-4-10)8-21-12-5-11(16(17)18)6-13(7-12)22(15,19)20/h1-7H,8H2,(H2,15,19,20). The minimum absolute atomic E-state index is 0.00843. The summed E-state index contributed by atoms with van der Waals surface area (Å²) in [5, 5.41) is 15.8. The molecule has 2 aromatic carbocycles. The molecule has 0 saturated carbocycles. The lowest BCUT2D eigenvalue weighted by atomic mass is 10.2. The third-order valence-corrected chi connectivity index (χ3v) is 3.62. The average Bonchev–Trinajstić information content (AvgIpc) is 2.45. The number of rotatable bonds is 5. The Bertz CT molecular complexity index is 806. The molecule has 0 fully saturated rings. The van der Waals surface area contributed by atoms with Gasteiger partial charge in [-0.1, -0.05) is 12.1 Å². The number of ether oxygens (including phenoxy) is 1. The summed E-state index contributed by atoms with van der Waals surface area (Å²) in [6.45, 7) is -0.00843. The molecule has 0 aliphatic rings. The average molecular weight is 326 g/mol. The van der Waals surface area contributed by atoms with E-state index in [0.29, 0.717) is 5.56 Å². The molecule has 0 aromatic heterocycles. The van der Waals surface area contributed by atoms with Crippen LogP contribution in [0, 0.1) is 15.9 Å². The van der Waals surface area contributed by atoms with Gasteiger partial charge in [0, 0.05) is 12.1 Å². The summed E-state index contributed by atoms with van der Waals surface area (Å²) in [6, 6.07) is 8.45. The van der Waals surface area contributed by atoms with E-state index in [1.54, 1.807) is 0 Å². The Hall–Kier alpha value is -2.52. The zero-order chi connectivity index (χ0) is 16.3. The van der Waals surface area contributed by atoms with Crippen molar-refractivity contribution in [1.29, 1.82) is 0 Å². The number of nitrogens with zero attached hydrogens (tertiary/aromatic N) is 1. The van der Waals surface area contributed by atoms with Gasteiger partial charge in [-0.25, -0.2) is 17.9 Å². The van der Waals surface area contributed by atoms with Crippen LogP contribution in [0.15, 0.2) is 47.4 Å². The second-order valence-electron chi connectivity index (χ2n) is 4.38. The third-order valence-electron chi connectivity index (χ3n) is 2.72. The SMILES string of the molecule is NS(=O)(=O)c1cc(OCc2ccc(F)cc2)cc([N+](=O)[O-])c1. The van der Waals surface area contributed by atoms with Gasteiger partial charge in [-0.15, -0.1) is 0 Å². The van der Waals surface area contributed by atoms with Crippen LogP contribution in [0.5, 0.6) is 5.75 Å². The fraction of sp³-hybridized carbons (Fsp3) is 0.0769. The van der Waals surface area contributed by atoms with Crippen molar-refractivity contribution in [1.82, 2.24) is 0 Å². The van der Waals surface area contributed by atoms with Gasteiger partial charge in [-0.3, -0.25) is 10.1 Å². The Morgan fingerprint density at radius 3 is 2.36 bits per heavy atom. The maximum Gasteiger partial charge on any atom is 0.274 e. The van der Waals surface area contributed by atoms with Gasteiger partial charge in [0.25, 0.3) is 5.69 Å². The van der Waals surface area contributed by atoms with Crippen molar-refractivity contribution < 1.29 is 22.5 Å². The molecule has 0 atom stereocenters. The highest BCUT2D eigenvalue weighted by Gasteiger charge is 2.17. The van der Waals surface area contributed by atoms with E-state index in [4.69, 9.17) is 9.88 Å². The van der Waals surface area contributed by atoms with Crippen molar-refractivity contribution in [2.24, 2.45) is 5.14 Å². The fourth-order valence-corrected chi connectivity index (χ4v) is 2.22. The molecular weight excluding hydrogens is 315 g/mol. The molecule has 0 saturated heterocycles. The molecular formula is C13H11FN2O5S. The molecule has 0 spiro atoms. The van der Waals surface area contributed by atoms with E-state index >= 15 is 0 Å². The lowest BCUT2D eigenvalue weighted by molar-refractivity contribution is -0.385. The quantitative estimate of drug-likeness (QED) is 0.666. The third kappa shape index (κ3) is 3.99. The Labute approximate surface area is 125 Å². The van der Waals surface area contributed by atoms with Crippen molar-refractivity contribution in [3.8, 4) is 5.75 Å². The first-order chi connectivity index (χ1) is 10.3. The summed E-state index contributed by atoms with van der Waals surface area (Å²) in [6.07, 6.45) is 0. The largest absolute Gasteiger partial charge is 0.489 e. The highest BCUT2D eigenvalue weighted by atomic mass is 32.2. The van der Waals surface area contributed by atoms with Crippen molar-refractivity contribution in [3.63, 3.8) is 0 Å². The van der Waals surface area contributed by atoms with Crippen LogP contribution in [0.3, 0.4) is 0 Å². The monoisotopic (exact) mass is 326 g/mol. The minimum atomic E-state index is -4.10. The summed E-state index contributed by atoms with van der Waals surface area (Å²) in [4.78, 5) is 9.65. The summed E-state index contributed by atoms with van der Waals surface area (Å²) < 4.78 is 40.8. The van der Waals surface area contributed by atoms with Gasteiger partial charge in [0.15, 0.2) is 0 Å². The molecule has 0 bridgehead atoms. The van der Waals surface area contributed by atoms with E-state index in [2.05, 4.69) is 0 Å². The summed E-state index contributed by atoms with van der Waals surface area (Å²) in [7, 11) is -4.10. The summed E-state index contributed by atoms with van der Waals surface area (Å²) >= 11 is 0. The van der Waals surface area contributed by atoms with Crippen LogP contribution >= 0.6 is 0 Å². The highest BCUT2D eigenvalue weighted by Crippen LogP contribution is 2.25. The Kier molecular flexibility index (Phi) is 4.38. The topological polar surface area (TPSA) is 113 Å². The Morgan fingerprint density at radius 2 is 1.82 bits per heavy atom. The van der Waals surface area contributed by atoms with Crippen molar-refractivity contribution >= 4 is 15.7 Å². The second-order valence-corrected chi connectivity index (χ2v) is 5.94. The molecule has 2 rings (SSSR count). The van der Waals surface area contributed by atoms with Crippen LogP contribution < -0.4 is 9.88 Å². The minimum Gasteiger partial charge on any atom is -0.489 e. The zero-order valence-corrected chi connectivity index (χ0v) is 11.9. The lowest BCUT2D eigenvalue weighted by Crippen LogP contribution is -2.12. The number of primary sulfonamides is 1. The number of hydrogen-bond acceptors (Lipinski definition) is 5. The van der Waals surface area contributed by atoms with Crippen molar-refractivity contribution in [3.05, 3.63) is 64.0 Å². The van der Waals surface area contributed by atoms with Crippen LogP contribution in [0.25, 0.3) is 0 Å². The number of hydrogen-bond donors (Lipinski definition) is 1. The molecule has 22 heavy (non-hydrogen) atoms. The molecule has 0 aliphatic carbocycles. The van der Waals surface area contributed by atoms with Gasteiger partial charge >= 0.3 is 0 Å². The van der Waals surface area contributed by atoms with E-state index in [-0.39, 0.29) is 12.4 Å². The lowest BCUT2D eigenvalue weighted by Gasteiger charge is -2.08. The Morgan fingerprint density at radius 1 is 1.18 bits per heavy atom. The van der Waals surface area contributed by atoms with Crippen molar-refractivity contribution in [2.45, 2.75) is 11.5 Å². The molecule has 2 N–H and O–H groups in total. The van der Waals surface area contributed by atoms with Gasteiger partial charge in [0.2, 0.25) is 10.0 Å². The van der Waals surface area contributed by atoms with Crippen LogP contribution in [-0.4, -0.2) is 13.3 Å². The molecule has 9 heteroatoms. The summed E-state index contributed by atoms with van der Waals surface area (Å²) in [5.41, 5.74) is 0.158. The number of halogens is 1. The van der Waals surface area contributed by atoms with Gasteiger partial charge in [-0.05, 0) is 17.7 Å². The number of non-ortho nitro benzene ring substituents is 1. The number of nitro benzene ring substituents is 1. The van der Waals surface area contributed by atoms with E-state index in [1.807, 2.05) is 0 Å². The first-order valence-corrected chi connectivity index (χ1v) is 7.50. The maximum absolute atomic E-state index is 12.8. The number of nitro groups is 1. The van der Waals surface area contributed by atoms with E-state index < -0.39 is 31.3 Å². The normalized spacial score (nSPS) is 11.2. The molecule has 0 heterocycles. The maximum atomic E-state index is 12.8. The molecule has 2 aromatic rings. The van der Waals surface area contributed by atoms with Crippen LogP contribution in [-0.2, 0) is 16.6 Å². The van der Waals surface area contributed by atoms with E-state index in [0.717, 1.165) is 18.2 Å². The van der Waals surface area contributed by atoms with E-state index in [9.17, 15) is 22.9 Å². The van der Waals surface area contributed by atoms with E-state index in [1.165, 1.54) is 24.3 Å². The van der Waals surface area contributed by atoms with Crippen molar-refractivity contribution in [2.75, 3.05) is 0 Å². The number of benzene rings is 2. The first-order valence-electron chi connectivity index (χ1n) is 5.95. The van der Waals surface area contributed by atoms with Crippen LogP contribution in [0.1, 0.15) is 5.56 Å². The molecule has 0 unspecified atom stereocenters. The second kappa shape index (κ2) is 6.08. The van der Waals surface area contributed by atoms with Crippen LogP contribution in [0.4, 0.5) is 10.1 Å². The molecule has 116 valence electrons. The first kappa shape index (κ1) is 15.9. The predicted molar refractivity (Wildman–Crippen MR) is 75.2 cm³/mol. The highest BCUT2D eigenvalue weighted by molar-refractivity contribution is 7.89. The molecule has 0 amide bonds. The molecule has 0 aliphatic heterocycles. The number of nitrogens with two attached hydrogens (primary N) is 1. The predicted octanol–water partition coefficient (Wildman–Crippen LogP) is 1.96. The smallest absolute Gasteiger partial charge is 0.274 e. The Balaban J connectivity index is 2.28. The molecule has 7 nitrogen and oxygen atoms in total. The van der Waals surface area contributed by atoms with Gasteiger partial charge in [-0.2, -0.15) is 0 Å². The van der Waals surface area contributed by atoms with Gasteiger partial charge < -0.3 is 4.74 Å². The summed E-state index contributed by atoms with van der Waals surface area (Å²) in [5.74, 6) is -0.432. The molecule has 0 radical (unpaired) electrons.